The number of tetrazole rings is 1. The number of carbonyl (C=O) groups is 1. The first-order valence-electron chi connectivity index (χ1n) is 4.38. The highest BCUT2D eigenvalue weighted by Crippen LogP contribution is 2.22. The van der Waals surface area contributed by atoms with Crippen molar-refractivity contribution in [2.24, 2.45) is 0 Å². The number of aromatic nitrogens is 4. The van der Waals surface area contributed by atoms with Gasteiger partial charge in [0, 0.05) is 4.47 Å². The summed E-state index contributed by atoms with van der Waals surface area (Å²) >= 11 is 3.29. The Labute approximate surface area is 99.0 Å². The van der Waals surface area contributed by atoms with Gasteiger partial charge in [-0.15, -0.1) is 5.10 Å². The normalized spacial score (nSPS) is 10.4. The lowest BCUT2D eigenvalue weighted by Gasteiger charge is -2.05. The Balaban J connectivity index is 2.52. The van der Waals surface area contributed by atoms with E-state index in [1.54, 1.807) is 13.0 Å². The monoisotopic (exact) mass is 282 g/mol. The second-order valence-electron chi connectivity index (χ2n) is 3.11. The van der Waals surface area contributed by atoms with Crippen LogP contribution in [0.25, 0.3) is 5.69 Å². The van der Waals surface area contributed by atoms with Crippen molar-refractivity contribution >= 4 is 21.9 Å². The van der Waals surface area contributed by atoms with E-state index in [4.69, 9.17) is 5.11 Å². The lowest BCUT2D eigenvalue weighted by atomic mass is 10.2. The van der Waals surface area contributed by atoms with Crippen molar-refractivity contribution in [1.29, 1.82) is 0 Å². The fraction of sp³-hybridized carbons (Fsp3) is 0.111. The Morgan fingerprint density at radius 3 is 2.75 bits per heavy atom. The van der Waals surface area contributed by atoms with Crippen LogP contribution >= 0.6 is 15.9 Å². The van der Waals surface area contributed by atoms with Crippen LogP contribution in [0, 0.1) is 6.92 Å². The summed E-state index contributed by atoms with van der Waals surface area (Å²) < 4.78 is 2.15. The third kappa shape index (κ3) is 1.81. The van der Waals surface area contributed by atoms with Crippen molar-refractivity contribution in [2.75, 3.05) is 0 Å². The molecule has 1 aromatic carbocycles. The molecule has 82 valence electrons. The van der Waals surface area contributed by atoms with Crippen LogP contribution in [0.3, 0.4) is 0 Å². The minimum Gasteiger partial charge on any atom is -0.478 e. The second kappa shape index (κ2) is 4.01. The van der Waals surface area contributed by atoms with Crippen LogP contribution in [0.2, 0.25) is 0 Å². The maximum atomic E-state index is 10.7. The zero-order chi connectivity index (χ0) is 11.7. The van der Waals surface area contributed by atoms with E-state index in [-0.39, 0.29) is 5.56 Å². The topological polar surface area (TPSA) is 80.9 Å². The predicted octanol–water partition coefficient (Wildman–Crippen LogP) is 1.43. The first kappa shape index (κ1) is 10.7. The van der Waals surface area contributed by atoms with Crippen molar-refractivity contribution < 1.29 is 9.90 Å². The van der Waals surface area contributed by atoms with Gasteiger partial charge in [-0.3, -0.25) is 0 Å². The molecule has 2 rings (SSSR count). The Bertz CT molecular complexity index is 552. The van der Waals surface area contributed by atoms with Crippen molar-refractivity contribution in [3.05, 3.63) is 34.1 Å². The third-order valence-corrected chi connectivity index (χ3v) is 2.68. The average molecular weight is 283 g/mol. The number of hydrogen-bond acceptors (Lipinski definition) is 4. The van der Waals surface area contributed by atoms with Gasteiger partial charge >= 0.3 is 5.97 Å². The molecule has 2 aromatic rings. The minimum atomic E-state index is -0.972. The summed E-state index contributed by atoms with van der Waals surface area (Å²) in [7, 11) is 0. The Morgan fingerprint density at radius 2 is 2.25 bits per heavy atom. The van der Waals surface area contributed by atoms with Crippen molar-refractivity contribution in [3.8, 4) is 5.69 Å². The molecule has 6 nitrogen and oxygen atoms in total. The van der Waals surface area contributed by atoms with E-state index in [9.17, 15) is 4.79 Å². The van der Waals surface area contributed by atoms with Gasteiger partial charge in [0.05, 0.1) is 11.3 Å². The van der Waals surface area contributed by atoms with Crippen LogP contribution in [0.4, 0.5) is 0 Å². The van der Waals surface area contributed by atoms with Gasteiger partial charge in [0.2, 0.25) is 0 Å². The van der Waals surface area contributed by atoms with Gasteiger partial charge in [0.25, 0.3) is 0 Å². The maximum absolute atomic E-state index is 10.7. The molecule has 0 aliphatic carbocycles. The number of halogens is 1. The quantitative estimate of drug-likeness (QED) is 0.901. The Kier molecular flexibility index (Phi) is 2.69. The highest BCUT2D eigenvalue weighted by Gasteiger charge is 2.10. The molecular weight excluding hydrogens is 276 g/mol. The van der Waals surface area contributed by atoms with Gasteiger partial charge in [-0.25, -0.2) is 4.79 Å². The first-order chi connectivity index (χ1) is 7.59. The standard InChI is InChI=1S/C9H7BrN4O2/c1-5-11-12-13-14(5)8-3-2-6(9(15)16)4-7(8)10/h2-4H,1H3,(H,15,16). The van der Waals surface area contributed by atoms with Crippen LogP contribution in [-0.2, 0) is 0 Å². The SMILES string of the molecule is Cc1nnnn1-c1ccc(C(=O)O)cc1Br. The molecule has 1 heterocycles. The zero-order valence-corrected chi connectivity index (χ0v) is 9.84. The summed E-state index contributed by atoms with van der Waals surface area (Å²) in [6.07, 6.45) is 0. The molecule has 7 heteroatoms. The van der Waals surface area contributed by atoms with Crippen LogP contribution in [-0.4, -0.2) is 31.3 Å². The highest BCUT2D eigenvalue weighted by atomic mass is 79.9. The molecule has 0 atom stereocenters. The lowest BCUT2D eigenvalue weighted by molar-refractivity contribution is 0.0697. The molecule has 0 bridgehead atoms. The molecule has 16 heavy (non-hydrogen) atoms. The zero-order valence-electron chi connectivity index (χ0n) is 8.25. The number of rotatable bonds is 2. The van der Waals surface area contributed by atoms with Crippen molar-refractivity contribution in [1.82, 2.24) is 20.2 Å². The first-order valence-corrected chi connectivity index (χ1v) is 5.17. The summed E-state index contributed by atoms with van der Waals surface area (Å²) in [4.78, 5) is 10.7. The van der Waals surface area contributed by atoms with Gasteiger partial charge < -0.3 is 5.11 Å². The van der Waals surface area contributed by atoms with Crippen LogP contribution in [0.15, 0.2) is 22.7 Å². The van der Waals surface area contributed by atoms with Crippen LogP contribution in [0.1, 0.15) is 16.2 Å². The summed E-state index contributed by atoms with van der Waals surface area (Å²) in [6, 6.07) is 4.67. The molecule has 0 spiro atoms. The van der Waals surface area contributed by atoms with Crippen LogP contribution < -0.4 is 0 Å². The average Bonchev–Trinajstić information content (AvgIpc) is 2.64. The van der Waals surface area contributed by atoms with Gasteiger partial charge in [0.1, 0.15) is 0 Å². The molecule has 0 saturated heterocycles. The van der Waals surface area contributed by atoms with E-state index < -0.39 is 5.97 Å². The fourth-order valence-corrected chi connectivity index (χ4v) is 1.81. The van der Waals surface area contributed by atoms with E-state index >= 15 is 0 Å². The fourth-order valence-electron chi connectivity index (χ4n) is 1.27. The van der Waals surface area contributed by atoms with Gasteiger partial charge in [-0.1, -0.05) is 0 Å². The Hall–Kier alpha value is -1.76. The molecule has 0 aliphatic heterocycles. The van der Waals surface area contributed by atoms with Crippen LogP contribution in [0.5, 0.6) is 0 Å². The van der Waals surface area contributed by atoms with Crippen molar-refractivity contribution in [2.45, 2.75) is 6.92 Å². The summed E-state index contributed by atoms with van der Waals surface area (Å²) in [5, 5.41) is 19.9. The van der Waals surface area contributed by atoms with E-state index in [0.29, 0.717) is 16.0 Å². The van der Waals surface area contributed by atoms with E-state index in [1.807, 2.05) is 0 Å². The second-order valence-corrected chi connectivity index (χ2v) is 3.96. The molecule has 0 amide bonds. The van der Waals surface area contributed by atoms with Crippen molar-refractivity contribution in [3.63, 3.8) is 0 Å². The van der Waals surface area contributed by atoms with E-state index in [2.05, 4.69) is 31.5 Å². The predicted molar refractivity (Wildman–Crippen MR) is 58.6 cm³/mol. The number of carboxylic acids is 1. The minimum absolute atomic E-state index is 0.210. The van der Waals surface area contributed by atoms with Gasteiger partial charge in [0.15, 0.2) is 5.82 Å². The summed E-state index contributed by atoms with van der Waals surface area (Å²) in [5.74, 6) is -0.343. The third-order valence-electron chi connectivity index (χ3n) is 2.05. The number of aryl methyl sites for hydroxylation is 1. The summed E-state index contributed by atoms with van der Waals surface area (Å²) in [5.41, 5.74) is 0.911. The smallest absolute Gasteiger partial charge is 0.335 e. The molecule has 1 aromatic heterocycles. The summed E-state index contributed by atoms with van der Waals surface area (Å²) in [6.45, 7) is 1.76. The van der Waals surface area contributed by atoms with E-state index in [0.717, 1.165) is 0 Å². The Morgan fingerprint density at radius 1 is 1.50 bits per heavy atom. The largest absolute Gasteiger partial charge is 0.478 e. The molecule has 1 N–H and O–H groups in total. The highest BCUT2D eigenvalue weighted by molar-refractivity contribution is 9.10. The molecule has 0 saturated carbocycles. The van der Waals surface area contributed by atoms with Gasteiger partial charge in [-0.05, 0) is 51.5 Å². The van der Waals surface area contributed by atoms with Gasteiger partial charge in [-0.2, -0.15) is 4.68 Å². The molecular formula is C9H7BrN4O2. The number of aromatic carboxylic acids is 1. The van der Waals surface area contributed by atoms with E-state index in [1.165, 1.54) is 16.8 Å². The maximum Gasteiger partial charge on any atom is 0.335 e. The number of hydrogen-bond donors (Lipinski definition) is 1. The number of carboxylic acid groups (broad SMARTS) is 1. The molecule has 0 aliphatic rings. The molecule has 0 unspecified atom stereocenters. The lowest BCUT2D eigenvalue weighted by Crippen LogP contribution is -2.03. The molecule has 0 fully saturated rings. The number of benzene rings is 1. The number of nitrogens with zero attached hydrogens (tertiary/aromatic N) is 4. The molecule has 0 radical (unpaired) electrons.